The topological polar surface area (TPSA) is 0 Å². The van der Waals surface area contributed by atoms with Crippen LogP contribution >= 0.6 is 9.24 Å². The standard InChI is InChI=1S/C20H34F3P/c1-11-3-9-15(18(22)17(11)21)13-5-7-14(8-6-13)16-10-4-12(2)20(24)19(16)23/h11-20H,3-10,24H2,1-2H3. The van der Waals surface area contributed by atoms with Crippen molar-refractivity contribution in [2.75, 3.05) is 0 Å². The molecule has 0 spiro atoms. The van der Waals surface area contributed by atoms with Gasteiger partial charge in [0.05, 0.1) is 0 Å². The lowest BCUT2D eigenvalue weighted by Gasteiger charge is -2.44. The van der Waals surface area contributed by atoms with Gasteiger partial charge in [-0.1, -0.05) is 13.8 Å². The molecule has 3 saturated carbocycles. The summed E-state index contributed by atoms with van der Waals surface area (Å²) in [5.41, 5.74) is 0.0869. The molecule has 9 atom stereocenters. The Morgan fingerprint density at radius 2 is 1.04 bits per heavy atom. The molecule has 3 aliphatic rings. The van der Waals surface area contributed by atoms with Crippen molar-refractivity contribution in [2.45, 2.75) is 89.4 Å². The Morgan fingerprint density at radius 3 is 1.58 bits per heavy atom. The van der Waals surface area contributed by atoms with Crippen molar-refractivity contribution in [3.05, 3.63) is 0 Å². The first-order chi connectivity index (χ1) is 11.4. The van der Waals surface area contributed by atoms with Gasteiger partial charge in [-0.2, -0.15) is 0 Å². The summed E-state index contributed by atoms with van der Waals surface area (Å²) in [5.74, 6) is 1.17. The molecule has 24 heavy (non-hydrogen) atoms. The molecule has 0 aromatic rings. The summed E-state index contributed by atoms with van der Waals surface area (Å²) < 4.78 is 43.2. The minimum atomic E-state index is -1.28. The van der Waals surface area contributed by atoms with E-state index in [1.54, 1.807) is 0 Å². The van der Waals surface area contributed by atoms with E-state index in [2.05, 4.69) is 16.2 Å². The summed E-state index contributed by atoms with van der Waals surface area (Å²) in [4.78, 5) is 0. The molecular formula is C20H34F3P. The minimum Gasteiger partial charge on any atom is -0.246 e. The maximum absolute atomic E-state index is 14.8. The number of hydrogen-bond donors (Lipinski definition) is 0. The largest absolute Gasteiger partial charge is 0.246 e. The summed E-state index contributed by atoms with van der Waals surface area (Å²) in [7, 11) is 2.72. The lowest BCUT2D eigenvalue weighted by molar-refractivity contribution is -0.0140. The first-order valence-corrected chi connectivity index (χ1v) is 10.7. The smallest absolute Gasteiger partial charge is 0.134 e. The van der Waals surface area contributed by atoms with Gasteiger partial charge < -0.3 is 0 Å². The van der Waals surface area contributed by atoms with Gasteiger partial charge >= 0.3 is 0 Å². The van der Waals surface area contributed by atoms with E-state index in [1.807, 2.05) is 6.92 Å². The zero-order valence-electron chi connectivity index (χ0n) is 15.1. The summed E-state index contributed by atoms with van der Waals surface area (Å²) >= 11 is 0. The van der Waals surface area contributed by atoms with Gasteiger partial charge in [-0.05, 0) is 86.9 Å². The minimum absolute atomic E-state index is 0.0869. The van der Waals surface area contributed by atoms with Crippen molar-refractivity contribution in [1.29, 1.82) is 0 Å². The van der Waals surface area contributed by atoms with E-state index in [1.165, 1.54) is 0 Å². The molecule has 9 unspecified atom stereocenters. The molecule has 3 aliphatic carbocycles. The van der Waals surface area contributed by atoms with Gasteiger partial charge in [0.2, 0.25) is 0 Å². The van der Waals surface area contributed by atoms with E-state index in [9.17, 15) is 13.2 Å². The van der Waals surface area contributed by atoms with Gasteiger partial charge in [-0.15, -0.1) is 9.24 Å². The number of halogens is 3. The fraction of sp³-hybridized carbons (Fsp3) is 1.00. The molecule has 0 saturated heterocycles. The SMILES string of the molecule is CC1CCC(C2CCC(C3CCC(C)C(P)C3F)CC2)C(F)C1F. The second-order valence-corrected chi connectivity index (χ2v) is 9.79. The van der Waals surface area contributed by atoms with Crippen LogP contribution < -0.4 is 0 Å². The quantitative estimate of drug-likeness (QED) is 0.517. The molecular weight excluding hydrogens is 328 g/mol. The molecule has 0 radical (unpaired) electrons. The van der Waals surface area contributed by atoms with Crippen molar-refractivity contribution in [3.63, 3.8) is 0 Å². The number of alkyl halides is 3. The third-order valence-corrected chi connectivity index (χ3v) is 8.65. The maximum Gasteiger partial charge on any atom is 0.134 e. The molecule has 0 N–H and O–H groups in total. The van der Waals surface area contributed by atoms with Crippen molar-refractivity contribution >= 4 is 9.24 Å². The molecule has 0 amide bonds. The summed E-state index contributed by atoms with van der Waals surface area (Å²) in [6.07, 6.45) is 4.46. The van der Waals surface area contributed by atoms with Gasteiger partial charge in [0, 0.05) is 5.66 Å². The summed E-state index contributed by atoms with van der Waals surface area (Å²) in [6.45, 7) is 3.98. The monoisotopic (exact) mass is 362 g/mol. The van der Waals surface area contributed by atoms with E-state index >= 15 is 0 Å². The Balaban J connectivity index is 1.54. The molecule has 3 rings (SSSR count). The average molecular weight is 362 g/mol. The van der Waals surface area contributed by atoms with Crippen LogP contribution in [0.25, 0.3) is 0 Å². The molecule has 4 heteroatoms. The van der Waals surface area contributed by atoms with Crippen LogP contribution in [0, 0.1) is 35.5 Å². The van der Waals surface area contributed by atoms with Crippen LogP contribution in [-0.2, 0) is 0 Å². The Morgan fingerprint density at radius 1 is 0.583 bits per heavy atom. The van der Waals surface area contributed by atoms with Crippen LogP contribution in [0.4, 0.5) is 13.2 Å². The number of hydrogen-bond acceptors (Lipinski definition) is 0. The highest BCUT2D eigenvalue weighted by molar-refractivity contribution is 7.17. The van der Waals surface area contributed by atoms with Crippen LogP contribution in [-0.4, -0.2) is 24.2 Å². The van der Waals surface area contributed by atoms with Crippen molar-refractivity contribution in [3.8, 4) is 0 Å². The molecule has 0 heterocycles. The van der Waals surface area contributed by atoms with Crippen LogP contribution in [0.15, 0.2) is 0 Å². The lowest BCUT2D eigenvalue weighted by atomic mass is 9.64. The van der Waals surface area contributed by atoms with Crippen LogP contribution in [0.3, 0.4) is 0 Å². The van der Waals surface area contributed by atoms with Gasteiger partial charge in [0.1, 0.15) is 18.5 Å². The second kappa shape index (κ2) is 7.85. The molecule has 0 aromatic carbocycles. The van der Waals surface area contributed by atoms with E-state index in [0.717, 1.165) is 51.4 Å². The van der Waals surface area contributed by atoms with Crippen LogP contribution in [0.1, 0.15) is 65.2 Å². The van der Waals surface area contributed by atoms with Crippen molar-refractivity contribution in [2.24, 2.45) is 35.5 Å². The first kappa shape index (κ1) is 19.0. The Labute approximate surface area is 147 Å². The zero-order chi connectivity index (χ0) is 17.4. The maximum atomic E-state index is 14.8. The van der Waals surface area contributed by atoms with Crippen molar-refractivity contribution in [1.82, 2.24) is 0 Å². The van der Waals surface area contributed by atoms with Gasteiger partial charge in [-0.3, -0.25) is 0 Å². The van der Waals surface area contributed by atoms with Gasteiger partial charge in [-0.25, -0.2) is 13.2 Å². The molecule has 0 nitrogen and oxygen atoms in total. The molecule has 0 bridgehead atoms. The van der Waals surface area contributed by atoms with Crippen molar-refractivity contribution < 1.29 is 13.2 Å². The summed E-state index contributed by atoms with van der Waals surface area (Å²) in [6, 6.07) is 0. The fourth-order valence-electron chi connectivity index (χ4n) is 5.72. The predicted molar refractivity (Wildman–Crippen MR) is 97.4 cm³/mol. The highest BCUT2D eigenvalue weighted by Gasteiger charge is 2.45. The molecule has 0 aromatic heterocycles. The highest BCUT2D eigenvalue weighted by atomic mass is 31.0. The first-order valence-electron chi connectivity index (χ1n) is 10.1. The zero-order valence-corrected chi connectivity index (χ0v) is 16.3. The fourth-order valence-corrected chi connectivity index (χ4v) is 6.20. The van der Waals surface area contributed by atoms with E-state index in [0.29, 0.717) is 17.8 Å². The van der Waals surface area contributed by atoms with E-state index in [4.69, 9.17) is 0 Å². The predicted octanol–water partition coefficient (Wildman–Crippen LogP) is 6.14. The Hall–Kier alpha value is 0.220. The van der Waals surface area contributed by atoms with E-state index in [-0.39, 0.29) is 23.4 Å². The molecule has 0 aliphatic heterocycles. The molecule has 3 fully saturated rings. The third-order valence-electron chi connectivity index (χ3n) is 7.63. The van der Waals surface area contributed by atoms with Gasteiger partial charge in [0.15, 0.2) is 0 Å². The normalized spacial score (nSPS) is 53.8. The van der Waals surface area contributed by atoms with Crippen LogP contribution in [0.2, 0.25) is 0 Å². The van der Waals surface area contributed by atoms with Gasteiger partial charge in [0.25, 0.3) is 0 Å². The Bertz CT molecular complexity index is 372. The number of rotatable bonds is 2. The van der Waals surface area contributed by atoms with E-state index < -0.39 is 18.5 Å². The summed E-state index contributed by atoms with van der Waals surface area (Å²) in [5, 5.41) is 0. The Kier molecular flexibility index (Phi) is 6.21. The molecule has 140 valence electrons. The highest BCUT2D eigenvalue weighted by Crippen LogP contribution is 2.48. The van der Waals surface area contributed by atoms with Crippen LogP contribution in [0.5, 0.6) is 0 Å². The second-order valence-electron chi connectivity index (χ2n) is 9.02. The third kappa shape index (κ3) is 3.67. The lowest BCUT2D eigenvalue weighted by Crippen LogP contribution is -2.43. The average Bonchev–Trinajstić information content (AvgIpc) is 2.58.